The lowest BCUT2D eigenvalue weighted by molar-refractivity contribution is 0.583. The predicted octanol–water partition coefficient (Wildman–Crippen LogP) is 2.21. The summed E-state index contributed by atoms with van der Waals surface area (Å²) in [4.78, 5) is 0.232. The fourth-order valence-electron chi connectivity index (χ4n) is 2.31. The van der Waals surface area contributed by atoms with E-state index in [2.05, 4.69) is 5.32 Å². The molecule has 1 aromatic rings. The number of rotatable bonds is 6. The van der Waals surface area contributed by atoms with Gasteiger partial charge in [-0.1, -0.05) is 12.5 Å². The van der Waals surface area contributed by atoms with E-state index in [0.717, 1.165) is 6.54 Å². The quantitative estimate of drug-likeness (QED) is 0.813. The molecular weight excluding hydrogens is 304 g/mol. The van der Waals surface area contributed by atoms with E-state index in [9.17, 15) is 8.42 Å². The first-order chi connectivity index (χ1) is 10.1. The van der Waals surface area contributed by atoms with Gasteiger partial charge in [-0.2, -0.15) is 17.0 Å². The van der Waals surface area contributed by atoms with Crippen molar-refractivity contribution in [2.75, 3.05) is 24.6 Å². The highest BCUT2D eigenvalue weighted by molar-refractivity contribution is 7.99. The highest BCUT2D eigenvalue weighted by Crippen LogP contribution is 2.24. The Hall–Kier alpha value is -1.03. The van der Waals surface area contributed by atoms with Crippen molar-refractivity contribution in [2.24, 2.45) is 0 Å². The topological polar surface area (TPSA) is 70.0 Å². The van der Waals surface area contributed by atoms with Gasteiger partial charge in [-0.25, -0.2) is 8.42 Å². The van der Waals surface area contributed by atoms with E-state index in [4.69, 9.17) is 5.26 Å². The zero-order chi connectivity index (χ0) is 15.1. The summed E-state index contributed by atoms with van der Waals surface area (Å²) in [5, 5.41) is 12.7. The summed E-state index contributed by atoms with van der Waals surface area (Å²) < 4.78 is 24.4. The lowest BCUT2D eigenvalue weighted by Gasteiger charge is -2.21. The van der Waals surface area contributed by atoms with Crippen LogP contribution in [0.4, 0.5) is 0 Å². The Morgan fingerprint density at radius 1 is 1.38 bits per heavy atom. The molecule has 1 aliphatic heterocycles. The second kappa shape index (κ2) is 7.83. The molecule has 0 aliphatic carbocycles. The molecule has 0 amide bonds. The molecule has 1 unspecified atom stereocenters. The molecule has 4 nitrogen and oxygen atoms in total. The van der Waals surface area contributed by atoms with Crippen molar-refractivity contribution < 1.29 is 8.42 Å². The number of nitrogens with zero attached hydrogens (tertiary/aromatic N) is 1. The Morgan fingerprint density at radius 3 is 2.95 bits per heavy atom. The van der Waals surface area contributed by atoms with Crippen LogP contribution in [-0.2, 0) is 9.84 Å². The number of benzene rings is 1. The number of nitriles is 1. The summed E-state index contributed by atoms with van der Waals surface area (Å²) in [6.45, 7) is 1.33. The maximum absolute atomic E-state index is 12.2. The third kappa shape index (κ3) is 5.03. The molecule has 6 heteroatoms. The van der Waals surface area contributed by atoms with E-state index in [1.165, 1.54) is 31.1 Å². The van der Waals surface area contributed by atoms with Crippen LogP contribution in [0.2, 0.25) is 0 Å². The van der Waals surface area contributed by atoms with Gasteiger partial charge in [-0.05, 0) is 36.8 Å². The highest BCUT2D eigenvalue weighted by Gasteiger charge is 2.16. The van der Waals surface area contributed by atoms with Crippen molar-refractivity contribution in [3.8, 4) is 6.07 Å². The summed E-state index contributed by atoms with van der Waals surface area (Å²) in [6, 6.07) is 8.17. The molecule has 0 aromatic heterocycles. The average Bonchev–Trinajstić information content (AvgIpc) is 2.53. The number of hydrogen-bond acceptors (Lipinski definition) is 5. The third-order valence-corrected chi connectivity index (χ3v) is 6.63. The molecule has 0 spiro atoms. The van der Waals surface area contributed by atoms with Crippen LogP contribution < -0.4 is 5.32 Å². The Bertz CT molecular complexity index is 602. The van der Waals surface area contributed by atoms with E-state index in [-0.39, 0.29) is 10.6 Å². The van der Waals surface area contributed by atoms with Gasteiger partial charge in [0.25, 0.3) is 0 Å². The van der Waals surface area contributed by atoms with Gasteiger partial charge in [0.2, 0.25) is 0 Å². The highest BCUT2D eigenvalue weighted by atomic mass is 32.2. The minimum atomic E-state index is -3.32. The van der Waals surface area contributed by atoms with Gasteiger partial charge in [0.05, 0.1) is 22.3 Å². The summed E-state index contributed by atoms with van der Waals surface area (Å²) >= 11 is 1.97. The first kappa shape index (κ1) is 16.3. The molecule has 1 heterocycles. The zero-order valence-electron chi connectivity index (χ0n) is 11.9. The van der Waals surface area contributed by atoms with Gasteiger partial charge in [0.1, 0.15) is 0 Å². The number of sulfone groups is 1. The van der Waals surface area contributed by atoms with Crippen LogP contribution in [0.25, 0.3) is 0 Å². The monoisotopic (exact) mass is 324 g/mol. The standard InChI is InChI=1S/C15H20N2O2S2/c16-11-13-4-3-6-15(10-13)21(18,19)9-7-17-12-14-5-1-2-8-20-14/h3-4,6,10,14,17H,1-2,5,7-9,12H2. The van der Waals surface area contributed by atoms with Gasteiger partial charge in [-0.3, -0.25) is 0 Å². The van der Waals surface area contributed by atoms with Crippen LogP contribution in [-0.4, -0.2) is 38.3 Å². The van der Waals surface area contributed by atoms with Gasteiger partial charge < -0.3 is 5.32 Å². The SMILES string of the molecule is N#Cc1cccc(S(=O)(=O)CCNCC2CCCCS2)c1. The first-order valence-electron chi connectivity index (χ1n) is 7.17. The first-order valence-corrected chi connectivity index (χ1v) is 9.87. The molecule has 2 rings (SSSR count). The third-order valence-electron chi connectivity index (χ3n) is 3.52. The van der Waals surface area contributed by atoms with Crippen LogP contribution in [0, 0.1) is 11.3 Å². The normalized spacial score (nSPS) is 19.1. The van der Waals surface area contributed by atoms with Crippen molar-refractivity contribution in [2.45, 2.75) is 29.4 Å². The van der Waals surface area contributed by atoms with Crippen molar-refractivity contribution in [1.29, 1.82) is 5.26 Å². The van der Waals surface area contributed by atoms with Gasteiger partial charge in [0, 0.05) is 18.3 Å². The van der Waals surface area contributed by atoms with E-state index in [1.54, 1.807) is 18.2 Å². The number of hydrogen-bond donors (Lipinski definition) is 1. The van der Waals surface area contributed by atoms with Crippen LogP contribution in [0.5, 0.6) is 0 Å². The Morgan fingerprint density at radius 2 is 2.24 bits per heavy atom. The van der Waals surface area contributed by atoms with E-state index < -0.39 is 9.84 Å². The van der Waals surface area contributed by atoms with E-state index >= 15 is 0 Å². The Kier molecular flexibility index (Phi) is 6.09. The van der Waals surface area contributed by atoms with Crippen LogP contribution in [0.15, 0.2) is 29.2 Å². The molecule has 1 atom stereocenters. The Balaban J connectivity index is 1.82. The molecule has 21 heavy (non-hydrogen) atoms. The molecule has 114 valence electrons. The summed E-state index contributed by atoms with van der Waals surface area (Å²) in [7, 11) is -3.32. The van der Waals surface area contributed by atoms with Gasteiger partial charge >= 0.3 is 0 Å². The fourth-order valence-corrected chi connectivity index (χ4v) is 4.83. The summed E-state index contributed by atoms with van der Waals surface area (Å²) in [5.74, 6) is 1.28. The number of nitrogens with one attached hydrogen (secondary N) is 1. The lowest BCUT2D eigenvalue weighted by atomic mass is 10.2. The second-order valence-corrected chi connectivity index (χ2v) is 8.67. The maximum atomic E-state index is 12.2. The number of thioether (sulfide) groups is 1. The maximum Gasteiger partial charge on any atom is 0.179 e. The Labute approximate surface area is 130 Å². The molecular formula is C15H20N2O2S2. The van der Waals surface area contributed by atoms with Crippen molar-refractivity contribution in [1.82, 2.24) is 5.32 Å². The molecule has 1 fully saturated rings. The zero-order valence-corrected chi connectivity index (χ0v) is 13.5. The molecule has 0 saturated carbocycles. The summed E-state index contributed by atoms with van der Waals surface area (Å²) in [5.41, 5.74) is 0.377. The van der Waals surface area contributed by atoms with Crippen molar-refractivity contribution in [3.63, 3.8) is 0 Å². The molecule has 1 N–H and O–H groups in total. The van der Waals surface area contributed by atoms with Gasteiger partial charge in [0.15, 0.2) is 9.84 Å². The molecule has 0 bridgehead atoms. The predicted molar refractivity (Wildman–Crippen MR) is 86.2 cm³/mol. The minimum Gasteiger partial charge on any atom is -0.315 e. The largest absolute Gasteiger partial charge is 0.315 e. The van der Waals surface area contributed by atoms with E-state index in [0.29, 0.717) is 17.4 Å². The second-order valence-electron chi connectivity index (χ2n) is 5.15. The molecule has 1 saturated heterocycles. The summed E-state index contributed by atoms with van der Waals surface area (Å²) in [6.07, 6.45) is 3.79. The molecule has 0 radical (unpaired) electrons. The minimum absolute atomic E-state index is 0.0687. The van der Waals surface area contributed by atoms with Gasteiger partial charge in [-0.15, -0.1) is 0 Å². The van der Waals surface area contributed by atoms with Crippen LogP contribution in [0.1, 0.15) is 24.8 Å². The van der Waals surface area contributed by atoms with Crippen molar-refractivity contribution >= 4 is 21.6 Å². The van der Waals surface area contributed by atoms with E-state index in [1.807, 2.05) is 17.8 Å². The van der Waals surface area contributed by atoms with Crippen LogP contribution >= 0.6 is 11.8 Å². The molecule has 1 aliphatic rings. The average molecular weight is 324 g/mol. The smallest absolute Gasteiger partial charge is 0.179 e. The lowest BCUT2D eigenvalue weighted by Crippen LogP contribution is -2.30. The molecule has 1 aromatic carbocycles. The van der Waals surface area contributed by atoms with Crippen LogP contribution in [0.3, 0.4) is 0 Å². The van der Waals surface area contributed by atoms with Crippen molar-refractivity contribution in [3.05, 3.63) is 29.8 Å². The fraction of sp³-hybridized carbons (Fsp3) is 0.533.